The van der Waals surface area contributed by atoms with E-state index in [0.717, 1.165) is 19.3 Å². The Bertz CT molecular complexity index is 357. The van der Waals surface area contributed by atoms with E-state index in [0.29, 0.717) is 32.6 Å². The number of carbonyl (C=O) groups excluding carboxylic acids is 2. The van der Waals surface area contributed by atoms with Crippen LogP contribution in [0.15, 0.2) is 5.11 Å². The Morgan fingerprint density at radius 2 is 1.74 bits per heavy atom. The van der Waals surface area contributed by atoms with Gasteiger partial charge in [0.25, 0.3) is 0 Å². The molecule has 0 atom stereocenters. The highest BCUT2D eigenvalue weighted by atomic mass is 16.2. The summed E-state index contributed by atoms with van der Waals surface area (Å²) >= 11 is 0. The SMILES string of the molecule is CCCCCCC(=O)N1CCN(C(=O)N=[N+]=[N-])CC1. The van der Waals surface area contributed by atoms with Gasteiger partial charge in [-0.1, -0.05) is 26.2 Å². The number of urea groups is 1. The van der Waals surface area contributed by atoms with Gasteiger partial charge in [0, 0.05) is 42.6 Å². The van der Waals surface area contributed by atoms with E-state index in [1.165, 1.54) is 11.3 Å². The van der Waals surface area contributed by atoms with Gasteiger partial charge in [-0.05, 0) is 12.0 Å². The second-order valence-electron chi connectivity index (χ2n) is 4.65. The molecule has 1 saturated heterocycles. The normalized spacial score (nSPS) is 15.0. The largest absolute Gasteiger partial charge is 0.339 e. The van der Waals surface area contributed by atoms with Crippen LogP contribution in [0.5, 0.6) is 0 Å². The number of rotatable bonds is 5. The Balaban J connectivity index is 2.27. The maximum atomic E-state index is 11.9. The first-order valence-corrected chi connectivity index (χ1v) is 6.80. The molecule has 0 saturated carbocycles. The molecule has 0 aromatic rings. The van der Waals surface area contributed by atoms with Gasteiger partial charge in [-0.25, -0.2) is 0 Å². The van der Waals surface area contributed by atoms with E-state index < -0.39 is 6.03 Å². The number of hydrogen-bond donors (Lipinski definition) is 0. The molecule has 7 nitrogen and oxygen atoms in total. The summed E-state index contributed by atoms with van der Waals surface area (Å²) in [6, 6.07) is -0.558. The van der Waals surface area contributed by atoms with Crippen molar-refractivity contribution in [2.24, 2.45) is 5.11 Å². The summed E-state index contributed by atoms with van der Waals surface area (Å²) in [5.41, 5.74) is 8.19. The van der Waals surface area contributed by atoms with E-state index in [4.69, 9.17) is 5.53 Å². The standard InChI is InChI=1S/C12H21N5O2/c1-2-3-4-5-6-11(18)16-7-9-17(10-8-16)12(19)14-15-13/h2-10H2,1H3. The molecule has 0 radical (unpaired) electrons. The van der Waals surface area contributed by atoms with Gasteiger partial charge in [0.15, 0.2) is 0 Å². The van der Waals surface area contributed by atoms with Crippen LogP contribution in [0.2, 0.25) is 0 Å². The third kappa shape index (κ3) is 5.18. The Hall–Kier alpha value is -1.75. The molecule has 3 amide bonds. The molecule has 1 aliphatic heterocycles. The zero-order valence-corrected chi connectivity index (χ0v) is 11.4. The zero-order chi connectivity index (χ0) is 14.1. The van der Waals surface area contributed by atoms with Crippen LogP contribution in [0.3, 0.4) is 0 Å². The minimum absolute atomic E-state index is 0.159. The summed E-state index contributed by atoms with van der Waals surface area (Å²) in [4.78, 5) is 29.0. The van der Waals surface area contributed by atoms with E-state index in [9.17, 15) is 9.59 Å². The van der Waals surface area contributed by atoms with Crippen molar-refractivity contribution in [1.82, 2.24) is 9.80 Å². The monoisotopic (exact) mass is 267 g/mol. The number of hydrogen-bond acceptors (Lipinski definition) is 2. The smallest absolute Gasteiger partial charge is 0.310 e. The molecule has 0 unspecified atom stereocenters. The third-order valence-electron chi connectivity index (χ3n) is 3.28. The van der Waals surface area contributed by atoms with Crippen molar-refractivity contribution in [3.8, 4) is 0 Å². The van der Waals surface area contributed by atoms with Crippen molar-refractivity contribution in [2.75, 3.05) is 26.2 Å². The fourth-order valence-electron chi connectivity index (χ4n) is 2.11. The number of azide groups is 1. The zero-order valence-electron chi connectivity index (χ0n) is 11.4. The number of amides is 3. The van der Waals surface area contributed by atoms with Crippen molar-refractivity contribution >= 4 is 11.9 Å². The minimum atomic E-state index is -0.558. The van der Waals surface area contributed by atoms with Gasteiger partial charge in [0.05, 0.1) is 0 Å². The van der Waals surface area contributed by atoms with Crippen molar-refractivity contribution in [1.29, 1.82) is 0 Å². The average molecular weight is 267 g/mol. The molecular weight excluding hydrogens is 246 g/mol. The van der Waals surface area contributed by atoms with E-state index in [1.54, 1.807) is 4.90 Å². The molecule has 0 spiro atoms. The lowest BCUT2D eigenvalue weighted by Crippen LogP contribution is -2.49. The summed E-state index contributed by atoms with van der Waals surface area (Å²) in [5, 5.41) is 3.05. The van der Waals surface area contributed by atoms with Crippen LogP contribution in [0.1, 0.15) is 39.0 Å². The Morgan fingerprint density at radius 3 is 2.32 bits per heavy atom. The quantitative estimate of drug-likeness (QED) is 0.331. The van der Waals surface area contributed by atoms with Crippen molar-refractivity contribution < 1.29 is 9.59 Å². The topological polar surface area (TPSA) is 89.4 Å². The second-order valence-corrected chi connectivity index (χ2v) is 4.65. The molecule has 0 bridgehead atoms. The van der Waals surface area contributed by atoms with Gasteiger partial charge in [-0.15, -0.1) is 0 Å². The van der Waals surface area contributed by atoms with E-state index in [-0.39, 0.29) is 5.91 Å². The van der Waals surface area contributed by atoms with Crippen LogP contribution in [0, 0.1) is 0 Å². The predicted octanol–water partition coefficient (Wildman–Crippen LogP) is 2.53. The summed E-state index contributed by atoms with van der Waals surface area (Å²) in [7, 11) is 0. The van der Waals surface area contributed by atoms with Gasteiger partial charge in [0.1, 0.15) is 0 Å². The molecule has 106 valence electrons. The molecular formula is C12H21N5O2. The van der Waals surface area contributed by atoms with Crippen LogP contribution in [0.25, 0.3) is 10.4 Å². The van der Waals surface area contributed by atoms with Gasteiger partial charge < -0.3 is 9.80 Å². The molecule has 0 aromatic carbocycles. The Kier molecular flexibility index (Phi) is 6.74. The maximum Gasteiger partial charge on any atom is 0.310 e. The molecule has 7 heteroatoms. The third-order valence-corrected chi connectivity index (χ3v) is 3.28. The Morgan fingerprint density at radius 1 is 1.11 bits per heavy atom. The predicted molar refractivity (Wildman–Crippen MR) is 71.5 cm³/mol. The number of unbranched alkanes of at least 4 members (excludes halogenated alkanes) is 3. The van der Waals surface area contributed by atoms with Crippen LogP contribution in [0.4, 0.5) is 4.79 Å². The number of piperazine rings is 1. The molecule has 1 heterocycles. The second kappa shape index (κ2) is 8.37. The molecule has 0 aromatic heterocycles. The van der Waals surface area contributed by atoms with Gasteiger partial charge >= 0.3 is 6.03 Å². The lowest BCUT2D eigenvalue weighted by atomic mass is 10.1. The highest BCUT2D eigenvalue weighted by Crippen LogP contribution is 2.09. The van der Waals surface area contributed by atoms with E-state index in [2.05, 4.69) is 16.9 Å². The van der Waals surface area contributed by atoms with E-state index >= 15 is 0 Å². The van der Waals surface area contributed by atoms with Gasteiger partial charge in [-0.3, -0.25) is 9.59 Å². The van der Waals surface area contributed by atoms with Gasteiger partial charge in [0.2, 0.25) is 5.91 Å². The molecule has 1 aliphatic rings. The summed E-state index contributed by atoms with van der Waals surface area (Å²) in [6.45, 7) is 4.08. The lowest BCUT2D eigenvalue weighted by molar-refractivity contribution is -0.132. The van der Waals surface area contributed by atoms with Gasteiger partial charge in [-0.2, -0.15) is 0 Å². The first kappa shape index (κ1) is 15.3. The summed E-state index contributed by atoms with van der Waals surface area (Å²) in [5.74, 6) is 0.159. The van der Waals surface area contributed by atoms with Crippen LogP contribution in [-0.2, 0) is 4.79 Å². The fraction of sp³-hybridized carbons (Fsp3) is 0.833. The van der Waals surface area contributed by atoms with Crippen LogP contribution < -0.4 is 0 Å². The lowest BCUT2D eigenvalue weighted by Gasteiger charge is -2.34. The first-order valence-electron chi connectivity index (χ1n) is 6.80. The van der Waals surface area contributed by atoms with Crippen LogP contribution in [-0.4, -0.2) is 47.9 Å². The Labute approximate surface area is 113 Å². The molecule has 19 heavy (non-hydrogen) atoms. The highest BCUT2D eigenvalue weighted by Gasteiger charge is 2.22. The highest BCUT2D eigenvalue weighted by molar-refractivity contribution is 5.78. The number of carbonyl (C=O) groups is 2. The van der Waals surface area contributed by atoms with Crippen LogP contribution >= 0.6 is 0 Å². The maximum absolute atomic E-state index is 11.9. The van der Waals surface area contributed by atoms with Crippen molar-refractivity contribution in [3.05, 3.63) is 10.4 Å². The molecule has 1 rings (SSSR count). The molecule has 0 N–H and O–H groups in total. The minimum Gasteiger partial charge on any atom is -0.339 e. The fourth-order valence-corrected chi connectivity index (χ4v) is 2.11. The number of nitrogens with zero attached hydrogens (tertiary/aromatic N) is 5. The summed E-state index contributed by atoms with van der Waals surface area (Å²) < 4.78 is 0. The molecule has 0 aliphatic carbocycles. The molecule has 1 fully saturated rings. The van der Waals surface area contributed by atoms with Crippen molar-refractivity contribution in [3.63, 3.8) is 0 Å². The van der Waals surface area contributed by atoms with Crippen molar-refractivity contribution in [2.45, 2.75) is 39.0 Å². The van der Waals surface area contributed by atoms with E-state index in [1.807, 2.05) is 0 Å². The average Bonchev–Trinajstić information content (AvgIpc) is 2.44. The first-order chi connectivity index (χ1) is 9.19. The summed E-state index contributed by atoms with van der Waals surface area (Å²) in [6.07, 6.45) is 4.95.